The monoisotopic (exact) mass is 268 g/mol. The molecular weight excluding hydrogens is 236 g/mol. The fourth-order valence-electron chi connectivity index (χ4n) is 1.95. The van der Waals surface area contributed by atoms with E-state index in [0.717, 1.165) is 6.42 Å². The third kappa shape index (κ3) is 6.79. The summed E-state index contributed by atoms with van der Waals surface area (Å²) >= 11 is 0. The highest BCUT2D eigenvalue weighted by Gasteiger charge is 2.31. The highest BCUT2D eigenvalue weighted by molar-refractivity contribution is 5.71. The molecule has 2 nitrogen and oxygen atoms in total. The lowest BCUT2D eigenvalue weighted by Crippen LogP contribution is -2.33. The summed E-state index contributed by atoms with van der Waals surface area (Å²) in [6.07, 6.45) is 3.38. The van der Waals surface area contributed by atoms with Gasteiger partial charge in [-0.15, -0.1) is 0 Å². The van der Waals surface area contributed by atoms with Crippen molar-refractivity contribution in [3.63, 3.8) is 0 Å². The largest absolute Gasteiger partial charge is 0.465 e. The second-order valence-corrected chi connectivity index (χ2v) is 7.03. The van der Waals surface area contributed by atoms with Crippen LogP contribution in [0, 0.1) is 23.2 Å². The van der Waals surface area contributed by atoms with Crippen LogP contribution in [0.2, 0.25) is 0 Å². The van der Waals surface area contributed by atoms with Crippen LogP contribution in [0.25, 0.3) is 0 Å². The topological polar surface area (TPSA) is 26.3 Å². The number of ether oxygens (including phenoxy) is 1. The molecule has 0 aromatic heterocycles. The summed E-state index contributed by atoms with van der Waals surface area (Å²) < 4.78 is 5.41. The van der Waals surface area contributed by atoms with Gasteiger partial charge in [0.15, 0.2) is 0 Å². The van der Waals surface area contributed by atoms with E-state index in [2.05, 4.69) is 47.6 Å². The molecule has 0 heterocycles. The van der Waals surface area contributed by atoms with E-state index in [1.54, 1.807) is 0 Å². The van der Waals surface area contributed by atoms with Crippen molar-refractivity contribution < 1.29 is 9.53 Å². The summed E-state index contributed by atoms with van der Waals surface area (Å²) in [7, 11) is 0. The molecule has 0 aliphatic heterocycles. The number of allylic oxidation sites excluding steroid dienone is 2. The van der Waals surface area contributed by atoms with Gasteiger partial charge in [0, 0.05) is 5.41 Å². The van der Waals surface area contributed by atoms with E-state index in [9.17, 15) is 4.79 Å². The first-order valence-electron chi connectivity index (χ1n) is 7.38. The SMILES string of the molecule is CC(C)=CC[C@H](C)[C@@H](C)C(C)(C)COC(=O)C(C)C. The summed E-state index contributed by atoms with van der Waals surface area (Å²) in [5, 5.41) is 0. The van der Waals surface area contributed by atoms with E-state index >= 15 is 0 Å². The highest BCUT2D eigenvalue weighted by Crippen LogP contribution is 2.34. The zero-order valence-electron chi connectivity index (χ0n) is 14.0. The summed E-state index contributed by atoms with van der Waals surface area (Å²) in [6.45, 7) is 17.4. The van der Waals surface area contributed by atoms with E-state index < -0.39 is 0 Å². The third-order valence-electron chi connectivity index (χ3n) is 4.04. The average Bonchev–Trinajstić information content (AvgIpc) is 2.31. The normalized spacial score (nSPS) is 15.0. The van der Waals surface area contributed by atoms with E-state index in [-0.39, 0.29) is 17.3 Å². The minimum atomic E-state index is -0.0998. The number of rotatable bonds is 7. The van der Waals surface area contributed by atoms with Gasteiger partial charge in [-0.2, -0.15) is 0 Å². The Balaban J connectivity index is 4.45. The van der Waals surface area contributed by atoms with Crippen molar-refractivity contribution in [1.82, 2.24) is 0 Å². The number of carbonyl (C=O) groups excluding carboxylic acids is 1. The fraction of sp³-hybridized carbons (Fsp3) is 0.824. The molecule has 2 atom stereocenters. The predicted octanol–water partition coefficient (Wildman–Crippen LogP) is 4.84. The minimum Gasteiger partial charge on any atom is -0.465 e. The van der Waals surface area contributed by atoms with Gasteiger partial charge in [-0.25, -0.2) is 0 Å². The van der Waals surface area contributed by atoms with Crippen LogP contribution in [0.1, 0.15) is 61.8 Å². The smallest absolute Gasteiger partial charge is 0.308 e. The molecule has 0 N–H and O–H groups in total. The molecule has 0 aromatic carbocycles. The maximum atomic E-state index is 11.6. The maximum absolute atomic E-state index is 11.6. The molecule has 112 valence electrons. The summed E-state index contributed by atoms with van der Waals surface area (Å²) in [4.78, 5) is 11.6. The zero-order valence-corrected chi connectivity index (χ0v) is 14.0. The summed E-state index contributed by atoms with van der Waals surface area (Å²) in [6, 6.07) is 0. The van der Waals surface area contributed by atoms with Crippen molar-refractivity contribution in [3.05, 3.63) is 11.6 Å². The van der Waals surface area contributed by atoms with Crippen molar-refractivity contribution in [2.75, 3.05) is 6.61 Å². The minimum absolute atomic E-state index is 0.0133. The van der Waals surface area contributed by atoms with Crippen LogP contribution in [0.4, 0.5) is 0 Å². The number of hydrogen-bond acceptors (Lipinski definition) is 2. The number of esters is 1. The first-order chi connectivity index (χ1) is 8.58. The van der Waals surface area contributed by atoms with Gasteiger partial charge in [0.1, 0.15) is 0 Å². The van der Waals surface area contributed by atoms with Gasteiger partial charge in [0.05, 0.1) is 12.5 Å². The summed E-state index contributed by atoms with van der Waals surface area (Å²) in [5.41, 5.74) is 1.38. The molecular formula is C17H32O2. The average molecular weight is 268 g/mol. The first kappa shape index (κ1) is 18.2. The van der Waals surface area contributed by atoms with Gasteiger partial charge in [-0.1, -0.05) is 53.2 Å². The van der Waals surface area contributed by atoms with Crippen molar-refractivity contribution in [3.8, 4) is 0 Å². The Bertz CT molecular complexity index is 309. The Kier molecular flexibility index (Phi) is 7.39. The van der Waals surface area contributed by atoms with Crippen LogP contribution < -0.4 is 0 Å². The van der Waals surface area contributed by atoms with Gasteiger partial charge >= 0.3 is 5.97 Å². The van der Waals surface area contributed by atoms with Crippen LogP contribution in [0.3, 0.4) is 0 Å². The Morgan fingerprint density at radius 1 is 1.16 bits per heavy atom. The molecule has 0 radical (unpaired) electrons. The quantitative estimate of drug-likeness (QED) is 0.488. The maximum Gasteiger partial charge on any atom is 0.308 e. The molecule has 0 spiro atoms. The molecule has 0 aliphatic carbocycles. The predicted molar refractivity (Wildman–Crippen MR) is 82.0 cm³/mol. The van der Waals surface area contributed by atoms with Crippen molar-refractivity contribution in [1.29, 1.82) is 0 Å². The van der Waals surface area contributed by atoms with Gasteiger partial charge in [-0.05, 0) is 32.1 Å². The standard InChI is InChI=1S/C17H32O2/c1-12(2)9-10-14(5)15(6)17(7,8)11-19-16(18)13(3)4/h9,13-15H,10-11H2,1-8H3/t14-,15+/m0/s1. The summed E-state index contributed by atoms with van der Waals surface area (Å²) in [5.74, 6) is 0.942. The lowest BCUT2D eigenvalue weighted by Gasteiger charge is -2.35. The van der Waals surface area contributed by atoms with Gasteiger partial charge < -0.3 is 4.74 Å². The van der Waals surface area contributed by atoms with E-state index in [4.69, 9.17) is 4.74 Å². The lowest BCUT2D eigenvalue weighted by atomic mass is 9.73. The van der Waals surface area contributed by atoms with Gasteiger partial charge in [0.2, 0.25) is 0 Å². The van der Waals surface area contributed by atoms with Crippen molar-refractivity contribution in [2.24, 2.45) is 23.2 Å². The second kappa shape index (κ2) is 7.72. The van der Waals surface area contributed by atoms with Gasteiger partial charge in [0.25, 0.3) is 0 Å². The Labute approximate surface area is 119 Å². The molecule has 19 heavy (non-hydrogen) atoms. The molecule has 0 saturated heterocycles. The van der Waals surface area contributed by atoms with Crippen LogP contribution in [-0.2, 0) is 9.53 Å². The molecule has 0 bridgehead atoms. The highest BCUT2D eigenvalue weighted by atomic mass is 16.5. The van der Waals surface area contributed by atoms with Gasteiger partial charge in [-0.3, -0.25) is 4.79 Å². The molecule has 0 aromatic rings. The molecule has 0 aliphatic rings. The van der Waals surface area contributed by atoms with E-state index in [0.29, 0.717) is 18.4 Å². The molecule has 0 fully saturated rings. The fourth-order valence-corrected chi connectivity index (χ4v) is 1.95. The van der Waals surface area contributed by atoms with Crippen molar-refractivity contribution in [2.45, 2.75) is 61.8 Å². The number of carbonyl (C=O) groups is 1. The van der Waals surface area contributed by atoms with E-state index in [1.165, 1.54) is 5.57 Å². The zero-order chi connectivity index (χ0) is 15.2. The van der Waals surface area contributed by atoms with Crippen molar-refractivity contribution >= 4 is 5.97 Å². The van der Waals surface area contributed by atoms with Crippen LogP contribution in [0.15, 0.2) is 11.6 Å². The van der Waals surface area contributed by atoms with Crippen LogP contribution >= 0.6 is 0 Å². The Morgan fingerprint density at radius 3 is 2.11 bits per heavy atom. The van der Waals surface area contributed by atoms with Crippen LogP contribution in [-0.4, -0.2) is 12.6 Å². The second-order valence-electron chi connectivity index (χ2n) is 7.03. The van der Waals surface area contributed by atoms with E-state index in [1.807, 2.05) is 13.8 Å². The Morgan fingerprint density at radius 2 is 1.68 bits per heavy atom. The molecule has 0 saturated carbocycles. The number of hydrogen-bond donors (Lipinski definition) is 0. The first-order valence-corrected chi connectivity index (χ1v) is 7.38. The molecule has 0 amide bonds. The Hall–Kier alpha value is -0.790. The van der Waals surface area contributed by atoms with Crippen LogP contribution in [0.5, 0.6) is 0 Å². The molecule has 2 heteroatoms. The molecule has 0 unspecified atom stereocenters. The third-order valence-corrected chi connectivity index (χ3v) is 4.04. The lowest BCUT2D eigenvalue weighted by molar-refractivity contribution is -0.151. The molecule has 0 rings (SSSR count).